The molecule has 0 bridgehead atoms. The second-order valence-electron chi connectivity index (χ2n) is 4.90. The third-order valence-electron chi connectivity index (χ3n) is 3.77. The molecule has 2 N–H and O–H groups in total. The Labute approximate surface area is 99.8 Å². The molecule has 1 saturated carbocycles. The second kappa shape index (κ2) is 4.05. The van der Waals surface area contributed by atoms with Crippen LogP contribution >= 0.6 is 0 Å². The smallest absolute Gasteiger partial charge is 0.341 e. The lowest BCUT2D eigenvalue weighted by molar-refractivity contribution is 0.0696. The number of aromatic nitrogens is 2. The van der Waals surface area contributed by atoms with Crippen molar-refractivity contribution in [3.8, 4) is 0 Å². The number of fused-ring (bicyclic) bond motifs is 1. The Balaban J connectivity index is 2.06. The molecule has 3 rings (SSSR count). The van der Waals surface area contributed by atoms with Gasteiger partial charge in [0.1, 0.15) is 11.4 Å². The van der Waals surface area contributed by atoms with E-state index in [9.17, 15) is 9.90 Å². The van der Waals surface area contributed by atoms with Gasteiger partial charge in [-0.25, -0.2) is 9.48 Å². The van der Waals surface area contributed by atoms with Crippen LogP contribution in [-0.2, 0) is 6.54 Å². The van der Waals surface area contributed by atoms with Gasteiger partial charge in [0.2, 0.25) is 0 Å². The van der Waals surface area contributed by atoms with E-state index >= 15 is 0 Å². The molecule has 2 heterocycles. The van der Waals surface area contributed by atoms with E-state index in [2.05, 4.69) is 10.4 Å². The number of nitrogens with zero attached hydrogens (tertiary/aromatic N) is 2. The normalized spacial score (nSPS) is 20.0. The molecule has 0 unspecified atom stereocenters. The van der Waals surface area contributed by atoms with Gasteiger partial charge in [0.25, 0.3) is 0 Å². The number of carboxylic acid groups (broad SMARTS) is 1. The Morgan fingerprint density at radius 2 is 2.12 bits per heavy atom. The van der Waals surface area contributed by atoms with Gasteiger partial charge in [-0.15, -0.1) is 0 Å². The van der Waals surface area contributed by atoms with Gasteiger partial charge in [-0.05, 0) is 19.3 Å². The van der Waals surface area contributed by atoms with Crippen LogP contribution in [0.25, 0.3) is 0 Å². The van der Waals surface area contributed by atoms with Crippen molar-refractivity contribution in [2.45, 2.75) is 44.6 Å². The monoisotopic (exact) mass is 235 g/mol. The lowest BCUT2D eigenvalue weighted by Crippen LogP contribution is -2.19. The molecule has 1 fully saturated rings. The van der Waals surface area contributed by atoms with Crippen LogP contribution in [-0.4, -0.2) is 27.4 Å². The summed E-state index contributed by atoms with van der Waals surface area (Å²) in [5, 5.41) is 17.1. The lowest BCUT2D eigenvalue weighted by atomic mass is 10.00. The first kappa shape index (κ1) is 10.6. The standard InChI is InChI=1S/C12H17N3O2/c16-12(17)9-10(8-4-1-2-5-8)14-15-7-3-6-13-11(9)15/h8,13H,1-7H2,(H,16,17). The number of carbonyl (C=O) groups is 1. The molecule has 5 heteroatoms. The summed E-state index contributed by atoms with van der Waals surface area (Å²) < 4.78 is 1.83. The van der Waals surface area contributed by atoms with E-state index in [1.54, 1.807) is 0 Å². The number of aryl methyl sites for hydroxylation is 1. The fourth-order valence-electron chi connectivity index (χ4n) is 2.95. The fraction of sp³-hybridized carbons (Fsp3) is 0.667. The van der Waals surface area contributed by atoms with Gasteiger partial charge in [0.15, 0.2) is 0 Å². The zero-order chi connectivity index (χ0) is 11.8. The summed E-state index contributed by atoms with van der Waals surface area (Å²) in [5.41, 5.74) is 1.22. The molecule has 0 saturated heterocycles. The number of hydrogen-bond acceptors (Lipinski definition) is 3. The van der Waals surface area contributed by atoms with Crippen molar-refractivity contribution in [2.75, 3.05) is 11.9 Å². The van der Waals surface area contributed by atoms with Crippen molar-refractivity contribution < 1.29 is 9.90 Å². The molecule has 1 aliphatic carbocycles. The SMILES string of the molecule is O=C(O)c1c(C2CCCC2)nn2c1NCCC2. The zero-order valence-electron chi connectivity index (χ0n) is 9.78. The molecule has 0 amide bonds. The van der Waals surface area contributed by atoms with Gasteiger partial charge in [-0.1, -0.05) is 12.8 Å². The minimum atomic E-state index is -0.845. The average molecular weight is 235 g/mol. The molecule has 17 heavy (non-hydrogen) atoms. The molecule has 5 nitrogen and oxygen atoms in total. The summed E-state index contributed by atoms with van der Waals surface area (Å²) in [5.74, 6) is 0.217. The summed E-state index contributed by atoms with van der Waals surface area (Å²) in [6, 6.07) is 0. The summed E-state index contributed by atoms with van der Waals surface area (Å²) >= 11 is 0. The highest BCUT2D eigenvalue weighted by Crippen LogP contribution is 2.37. The average Bonchev–Trinajstić information content (AvgIpc) is 2.95. The van der Waals surface area contributed by atoms with Crippen molar-refractivity contribution in [1.29, 1.82) is 0 Å². The van der Waals surface area contributed by atoms with Crippen molar-refractivity contribution in [1.82, 2.24) is 9.78 Å². The topological polar surface area (TPSA) is 67.1 Å². The van der Waals surface area contributed by atoms with E-state index in [1.807, 2.05) is 4.68 Å². The van der Waals surface area contributed by atoms with Crippen LogP contribution in [0.4, 0.5) is 5.82 Å². The predicted octanol–water partition coefficient (Wildman–Crippen LogP) is 2.05. The Hall–Kier alpha value is -1.52. The van der Waals surface area contributed by atoms with Gasteiger partial charge in [-0.2, -0.15) is 5.10 Å². The first-order valence-corrected chi connectivity index (χ1v) is 6.35. The van der Waals surface area contributed by atoms with E-state index in [0.717, 1.165) is 38.0 Å². The molecule has 0 atom stereocenters. The van der Waals surface area contributed by atoms with Crippen LogP contribution in [0.1, 0.15) is 54.1 Å². The Bertz CT molecular complexity index is 447. The largest absolute Gasteiger partial charge is 0.477 e. The number of nitrogens with one attached hydrogen (secondary N) is 1. The van der Waals surface area contributed by atoms with E-state index < -0.39 is 5.97 Å². The van der Waals surface area contributed by atoms with E-state index in [1.165, 1.54) is 12.8 Å². The van der Waals surface area contributed by atoms with E-state index in [-0.39, 0.29) is 0 Å². The predicted molar refractivity (Wildman–Crippen MR) is 63.5 cm³/mol. The third kappa shape index (κ3) is 1.69. The summed E-state index contributed by atoms with van der Waals surface area (Å²) in [6.07, 6.45) is 5.56. The number of aromatic carboxylic acids is 1. The highest BCUT2D eigenvalue weighted by atomic mass is 16.4. The molecular weight excluding hydrogens is 218 g/mol. The fourth-order valence-corrected chi connectivity index (χ4v) is 2.95. The van der Waals surface area contributed by atoms with Crippen LogP contribution in [0, 0.1) is 0 Å². The van der Waals surface area contributed by atoms with Gasteiger partial charge in [-0.3, -0.25) is 0 Å². The van der Waals surface area contributed by atoms with Crippen LogP contribution < -0.4 is 5.32 Å². The highest BCUT2D eigenvalue weighted by Gasteiger charge is 2.31. The van der Waals surface area contributed by atoms with Crippen molar-refractivity contribution in [3.63, 3.8) is 0 Å². The lowest BCUT2D eigenvalue weighted by Gasteiger charge is -2.15. The summed E-state index contributed by atoms with van der Waals surface area (Å²) in [7, 11) is 0. The highest BCUT2D eigenvalue weighted by molar-refractivity contribution is 5.95. The van der Waals surface area contributed by atoms with Gasteiger partial charge < -0.3 is 10.4 Å². The maximum atomic E-state index is 11.4. The molecule has 0 aromatic carbocycles. The number of anilines is 1. The minimum Gasteiger partial charge on any atom is -0.477 e. The minimum absolute atomic E-state index is 0.348. The summed E-state index contributed by atoms with van der Waals surface area (Å²) in [6.45, 7) is 1.67. The summed E-state index contributed by atoms with van der Waals surface area (Å²) in [4.78, 5) is 11.4. The maximum Gasteiger partial charge on any atom is 0.341 e. The number of hydrogen-bond donors (Lipinski definition) is 2. The Morgan fingerprint density at radius 1 is 1.35 bits per heavy atom. The van der Waals surface area contributed by atoms with Crippen molar-refractivity contribution >= 4 is 11.8 Å². The van der Waals surface area contributed by atoms with Crippen molar-refractivity contribution in [3.05, 3.63) is 11.3 Å². The Morgan fingerprint density at radius 3 is 2.82 bits per heavy atom. The molecule has 2 aliphatic rings. The molecule has 0 spiro atoms. The molecule has 1 aromatic rings. The molecule has 1 aliphatic heterocycles. The molecule has 92 valence electrons. The first-order chi connectivity index (χ1) is 8.27. The third-order valence-corrected chi connectivity index (χ3v) is 3.77. The quantitative estimate of drug-likeness (QED) is 0.823. The number of carboxylic acids is 1. The molecular formula is C12H17N3O2. The molecule has 1 aromatic heterocycles. The van der Waals surface area contributed by atoms with Crippen molar-refractivity contribution in [2.24, 2.45) is 0 Å². The van der Waals surface area contributed by atoms with Gasteiger partial charge >= 0.3 is 5.97 Å². The first-order valence-electron chi connectivity index (χ1n) is 6.35. The van der Waals surface area contributed by atoms with Crippen LogP contribution in [0.15, 0.2) is 0 Å². The second-order valence-corrected chi connectivity index (χ2v) is 4.90. The number of rotatable bonds is 2. The van der Waals surface area contributed by atoms with Gasteiger partial charge in [0, 0.05) is 19.0 Å². The van der Waals surface area contributed by atoms with Crippen LogP contribution in [0.3, 0.4) is 0 Å². The van der Waals surface area contributed by atoms with Crippen LogP contribution in [0.5, 0.6) is 0 Å². The zero-order valence-corrected chi connectivity index (χ0v) is 9.78. The maximum absolute atomic E-state index is 11.4. The van der Waals surface area contributed by atoms with Gasteiger partial charge in [0.05, 0.1) is 5.69 Å². The van der Waals surface area contributed by atoms with E-state index in [4.69, 9.17) is 0 Å². The van der Waals surface area contributed by atoms with E-state index in [0.29, 0.717) is 17.3 Å². The van der Waals surface area contributed by atoms with Crippen LogP contribution in [0.2, 0.25) is 0 Å². The Kier molecular flexibility index (Phi) is 2.53. The molecule has 0 radical (unpaired) electrons.